The van der Waals surface area contributed by atoms with Crippen LogP contribution in [-0.2, 0) is 27.2 Å². The molecule has 0 bridgehead atoms. The van der Waals surface area contributed by atoms with Gasteiger partial charge in [-0.25, -0.2) is 0 Å². The topological polar surface area (TPSA) is 71.1 Å². The van der Waals surface area contributed by atoms with Crippen molar-refractivity contribution in [2.45, 2.75) is 27.7 Å². The molecule has 0 rings (SSSR count). The van der Waals surface area contributed by atoms with Gasteiger partial charge in [0.05, 0.1) is 13.2 Å². The summed E-state index contributed by atoms with van der Waals surface area (Å²) in [5, 5.41) is 0. The zero-order chi connectivity index (χ0) is 14.7. The molecule has 18 heavy (non-hydrogen) atoms. The quantitative estimate of drug-likeness (QED) is 0.636. The molecule has 0 atom stereocenters. The van der Waals surface area contributed by atoms with E-state index in [2.05, 4.69) is 9.05 Å². The zero-order valence-electron chi connectivity index (χ0n) is 12.2. The monoisotopic (exact) mass is 304 g/mol. The van der Waals surface area contributed by atoms with Crippen LogP contribution in [0.1, 0.15) is 27.7 Å². The van der Waals surface area contributed by atoms with Crippen LogP contribution in [0.15, 0.2) is 0 Å². The molecule has 0 heterocycles. The van der Waals surface area contributed by atoms with Crippen LogP contribution in [0.3, 0.4) is 0 Å². The molecule has 0 aliphatic carbocycles. The summed E-state index contributed by atoms with van der Waals surface area (Å²) in [6.45, 7) is 8.07. The Labute approximate surface area is 110 Å². The first kappa shape index (κ1) is 20.6. The standard InChI is InChI=1S/C6H15O3P.C4H11O3P/c1-4-8-10(7,6-3)9-5-2;1-4-8(5,6-2)7-3/h4-6H2,1-3H3;4H2,1-3H3. The van der Waals surface area contributed by atoms with E-state index in [-0.39, 0.29) is 0 Å². The molecule has 0 radical (unpaired) electrons. The Morgan fingerprint density at radius 2 is 1.06 bits per heavy atom. The molecule has 8 heteroatoms. The number of hydrogen-bond acceptors (Lipinski definition) is 6. The van der Waals surface area contributed by atoms with Crippen molar-refractivity contribution < 1.29 is 27.2 Å². The van der Waals surface area contributed by atoms with E-state index in [1.54, 1.807) is 27.7 Å². The predicted molar refractivity (Wildman–Crippen MR) is 73.6 cm³/mol. The van der Waals surface area contributed by atoms with Crippen LogP contribution >= 0.6 is 15.2 Å². The van der Waals surface area contributed by atoms with E-state index in [0.717, 1.165) is 0 Å². The lowest BCUT2D eigenvalue weighted by Crippen LogP contribution is -1.97. The smallest absolute Gasteiger partial charge is 0.312 e. The van der Waals surface area contributed by atoms with Crippen LogP contribution in [0.2, 0.25) is 0 Å². The Kier molecular flexibility index (Phi) is 12.8. The summed E-state index contributed by atoms with van der Waals surface area (Å²) in [7, 11) is -2.60. The van der Waals surface area contributed by atoms with E-state index >= 15 is 0 Å². The molecule has 0 aliphatic rings. The molecule has 112 valence electrons. The summed E-state index contributed by atoms with van der Waals surface area (Å²) in [5.41, 5.74) is 0. The van der Waals surface area contributed by atoms with Gasteiger partial charge in [0.2, 0.25) is 0 Å². The van der Waals surface area contributed by atoms with Gasteiger partial charge in [-0.1, -0.05) is 13.8 Å². The maximum absolute atomic E-state index is 11.3. The fourth-order valence-corrected chi connectivity index (χ4v) is 2.84. The Morgan fingerprint density at radius 1 is 0.722 bits per heavy atom. The first-order chi connectivity index (χ1) is 8.36. The first-order valence-electron chi connectivity index (χ1n) is 5.95. The normalized spacial score (nSPS) is 11.9. The molecule has 0 aromatic rings. The minimum Gasteiger partial charge on any atom is -0.312 e. The summed E-state index contributed by atoms with van der Waals surface area (Å²) in [6.07, 6.45) is 0.884. The second kappa shape index (κ2) is 11.2. The van der Waals surface area contributed by atoms with Gasteiger partial charge in [-0.2, -0.15) is 0 Å². The van der Waals surface area contributed by atoms with Crippen LogP contribution in [0.25, 0.3) is 0 Å². The van der Waals surface area contributed by atoms with Gasteiger partial charge < -0.3 is 18.1 Å². The van der Waals surface area contributed by atoms with Crippen molar-refractivity contribution in [3.63, 3.8) is 0 Å². The van der Waals surface area contributed by atoms with Crippen molar-refractivity contribution in [2.75, 3.05) is 39.8 Å². The molecule has 0 unspecified atom stereocenters. The highest BCUT2D eigenvalue weighted by atomic mass is 31.2. The van der Waals surface area contributed by atoms with Crippen LogP contribution in [-0.4, -0.2) is 39.8 Å². The third-order valence-electron chi connectivity index (χ3n) is 1.98. The van der Waals surface area contributed by atoms with Gasteiger partial charge in [0.1, 0.15) is 0 Å². The summed E-state index contributed by atoms with van der Waals surface area (Å²) >= 11 is 0. The molecular formula is C10H26O6P2. The molecule has 0 saturated carbocycles. The first-order valence-corrected chi connectivity index (χ1v) is 9.41. The highest BCUT2D eigenvalue weighted by Crippen LogP contribution is 2.47. The summed E-state index contributed by atoms with van der Waals surface area (Å²) in [6, 6.07) is 0. The molecule has 0 saturated heterocycles. The molecule has 0 aliphatic heterocycles. The van der Waals surface area contributed by atoms with Crippen LogP contribution in [0.5, 0.6) is 0 Å². The SMILES string of the molecule is CCOP(=O)(CC)OCC.CCP(=O)(OC)OC. The molecule has 0 amide bonds. The molecule has 0 N–H and O–H groups in total. The minimum atomic E-state index is -2.70. The van der Waals surface area contributed by atoms with Crippen LogP contribution < -0.4 is 0 Å². The highest BCUT2D eigenvalue weighted by Gasteiger charge is 2.19. The van der Waals surface area contributed by atoms with Crippen molar-refractivity contribution in [3.8, 4) is 0 Å². The van der Waals surface area contributed by atoms with Gasteiger partial charge in [0, 0.05) is 26.5 Å². The highest BCUT2D eigenvalue weighted by molar-refractivity contribution is 7.54. The number of hydrogen-bond donors (Lipinski definition) is 0. The summed E-state index contributed by atoms with van der Waals surface area (Å²) in [4.78, 5) is 0. The largest absolute Gasteiger partial charge is 0.330 e. The van der Waals surface area contributed by atoms with E-state index in [0.29, 0.717) is 25.5 Å². The van der Waals surface area contributed by atoms with E-state index in [4.69, 9.17) is 9.05 Å². The average molecular weight is 304 g/mol. The summed E-state index contributed by atoms with van der Waals surface area (Å²) < 4.78 is 41.3. The average Bonchev–Trinajstić information content (AvgIpc) is 2.39. The van der Waals surface area contributed by atoms with Crippen molar-refractivity contribution in [2.24, 2.45) is 0 Å². The van der Waals surface area contributed by atoms with Crippen molar-refractivity contribution in [3.05, 3.63) is 0 Å². The van der Waals surface area contributed by atoms with Gasteiger partial charge in [0.25, 0.3) is 0 Å². The van der Waals surface area contributed by atoms with Gasteiger partial charge in [-0.3, -0.25) is 9.13 Å². The Morgan fingerprint density at radius 3 is 1.17 bits per heavy atom. The van der Waals surface area contributed by atoms with Gasteiger partial charge in [-0.05, 0) is 13.8 Å². The predicted octanol–water partition coefficient (Wildman–Crippen LogP) is 3.76. The summed E-state index contributed by atoms with van der Waals surface area (Å²) in [5.74, 6) is 0. The Bertz CT molecular complexity index is 253. The van der Waals surface area contributed by atoms with Crippen molar-refractivity contribution >= 4 is 15.2 Å². The van der Waals surface area contributed by atoms with E-state index in [9.17, 15) is 9.13 Å². The minimum absolute atomic E-state index is 0.431. The Hall–Kier alpha value is 0.300. The molecule has 0 aromatic heterocycles. The fourth-order valence-electron chi connectivity index (χ4n) is 0.946. The molecule has 0 spiro atoms. The second-order valence-corrected chi connectivity index (χ2v) is 8.01. The molecule has 0 aromatic carbocycles. The third kappa shape index (κ3) is 9.26. The Balaban J connectivity index is 0. The van der Waals surface area contributed by atoms with Gasteiger partial charge >= 0.3 is 15.2 Å². The van der Waals surface area contributed by atoms with E-state index in [1.165, 1.54) is 14.2 Å². The maximum Gasteiger partial charge on any atom is 0.330 e. The lowest BCUT2D eigenvalue weighted by atomic mass is 10.9. The number of rotatable bonds is 8. The van der Waals surface area contributed by atoms with Crippen LogP contribution in [0, 0.1) is 0 Å². The molecule has 0 fully saturated rings. The molecular weight excluding hydrogens is 278 g/mol. The van der Waals surface area contributed by atoms with Crippen molar-refractivity contribution in [1.82, 2.24) is 0 Å². The second-order valence-electron chi connectivity index (χ2n) is 3.05. The maximum atomic E-state index is 11.3. The van der Waals surface area contributed by atoms with Crippen LogP contribution in [0.4, 0.5) is 0 Å². The van der Waals surface area contributed by atoms with Crippen molar-refractivity contribution in [1.29, 1.82) is 0 Å². The third-order valence-corrected chi connectivity index (χ3v) is 5.95. The van der Waals surface area contributed by atoms with Gasteiger partial charge in [0.15, 0.2) is 0 Å². The van der Waals surface area contributed by atoms with E-state index in [1.807, 2.05) is 0 Å². The lowest BCUT2D eigenvalue weighted by Gasteiger charge is -2.13. The fraction of sp³-hybridized carbons (Fsp3) is 1.00. The van der Waals surface area contributed by atoms with E-state index < -0.39 is 15.2 Å². The zero-order valence-corrected chi connectivity index (χ0v) is 14.0. The molecule has 6 nitrogen and oxygen atoms in total. The lowest BCUT2D eigenvalue weighted by molar-refractivity contribution is 0.221. The van der Waals surface area contributed by atoms with Gasteiger partial charge in [-0.15, -0.1) is 0 Å².